The van der Waals surface area contributed by atoms with Crippen LogP contribution in [-0.4, -0.2) is 11.0 Å². The zero-order chi connectivity index (χ0) is 16.9. The topological polar surface area (TPSA) is 73.1 Å². The summed E-state index contributed by atoms with van der Waals surface area (Å²) in [7, 11) is 0. The first-order chi connectivity index (χ1) is 11.7. The van der Waals surface area contributed by atoms with E-state index in [1.807, 2.05) is 24.3 Å². The first-order valence-corrected chi connectivity index (χ1v) is 8.01. The van der Waals surface area contributed by atoms with Gasteiger partial charge in [-0.1, -0.05) is 24.3 Å². The lowest BCUT2D eigenvalue weighted by molar-refractivity contribution is -0.112. The van der Waals surface area contributed by atoms with Gasteiger partial charge < -0.3 is 10.4 Å². The minimum atomic E-state index is -0.429. The second-order valence-corrected chi connectivity index (χ2v) is 5.83. The maximum absolute atomic E-state index is 12.3. The number of benzene rings is 2. The average Bonchev–Trinajstić information content (AvgIpc) is 2.62. The number of hydrogen-bond acceptors (Lipinski definition) is 3. The minimum Gasteiger partial charge on any atom is -0.508 e. The van der Waals surface area contributed by atoms with Crippen LogP contribution in [0.5, 0.6) is 5.75 Å². The predicted molar refractivity (Wildman–Crippen MR) is 93.4 cm³/mol. The Morgan fingerprint density at radius 3 is 2.50 bits per heavy atom. The number of para-hydroxylation sites is 1. The zero-order valence-corrected chi connectivity index (χ0v) is 13.2. The van der Waals surface area contributed by atoms with Gasteiger partial charge in [-0.05, 0) is 66.6 Å². The molecule has 0 radical (unpaired) electrons. The molecule has 2 aromatic rings. The third-order valence-corrected chi connectivity index (χ3v) is 4.24. The van der Waals surface area contributed by atoms with Crippen molar-refractivity contribution in [1.82, 2.24) is 0 Å². The number of nitrogens with one attached hydrogen (secondary N) is 1. The van der Waals surface area contributed by atoms with Gasteiger partial charge in [0.1, 0.15) is 17.4 Å². The first-order valence-electron chi connectivity index (χ1n) is 8.01. The zero-order valence-electron chi connectivity index (χ0n) is 13.2. The van der Waals surface area contributed by atoms with Crippen molar-refractivity contribution < 1.29 is 9.90 Å². The van der Waals surface area contributed by atoms with E-state index < -0.39 is 5.91 Å². The maximum atomic E-state index is 12.3. The van der Waals surface area contributed by atoms with E-state index in [-0.39, 0.29) is 5.57 Å². The van der Waals surface area contributed by atoms with Gasteiger partial charge in [0, 0.05) is 5.69 Å². The van der Waals surface area contributed by atoms with Crippen molar-refractivity contribution in [3.05, 3.63) is 64.7 Å². The predicted octanol–water partition coefficient (Wildman–Crippen LogP) is 3.82. The Morgan fingerprint density at radius 2 is 1.79 bits per heavy atom. The van der Waals surface area contributed by atoms with Gasteiger partial charge in [0.15, 0.2) is 0 Å². The second kappa shape index (κ2) is 7.01. The Balaban J connectivity index is 1.91. The van der Waals surface area contributed by atoms with E-state index in [0.717, 1.165) is 42.4 Å². The molecule has 2 N–H and O–H groups in total. The van der Waals surface area contributed by atoms with Crippen molar-refractivity contribution in [1.29, 1.82) is 5.26 Å². The van der Waals surface area contributed by atoms with Crippen LogP contribution in [0.2, 0.25) is 0 Å². The first kappa shape index (κ1) is 15.8. The lowest BCUT2D eigenvalue weighted by atomic mass is 9.87. The van der Waals surface area contributed by atoms with Crippen LogP contribution >= 0.6 is 0 Å². The van der Waals surface area contributed by atoms with Crippen LogP contribution in [0.1, 0.15) is 29.5 Å². The Labute approximate surface area is 141 Å². The summed E-state index contributed by atoms with van der Waals surface area (Å²) in [6, 6.07) is 14.4. The van der Waals surface area contributed by atoms with E-state index in [2.05, 4.69) is 5.32 Å². The highest BCUT2D eigenvalue weighted by Crippen LogP contribution is 2.32. The normalized spacial score (nSPS) is 13.7. The van der Waals surface area contributed by atoms with E-state index in [4.69, 9.17) is 0 Å². The van der Waals surface area contributed by atoms with Gasteiger partial charge in [-0.3, -0.25) is 4.79 Å². The maximum Gasteiger partial charge on any atom is 0.266 e. The highest BCUT2D eigenvalue weighted by Gasteiger charge is 2.17. The Kier molecular flexibility index (Phi) is 4.62. The highest BCUT2D eigenvalue weighted by molar-refractivity contribution is 6.09. The van der Waals surface area contributed by atoms with E-state index in [1.54, 1.807) is 30.3 Å². The summed E-state index contributed by atoms with van der Waals surface area (Å²) in [5, 5.41) is 22.1. The molecule has 0 bridgehead atoms. The molecular weight excluding hydrogens is 300 g/mol. The summed E-state index contributed by atoms with van der Waals surface area (Å²) in [6.07, 6.45) is 5.40. The molecule has 0 saturated carbocycles. The molecule has 3 rings (SSSR count). The fraction of sp³-hybridized carbons (Fsp3) is 0.200. The van der Waals surface area contributed by atoms with Gasteiger partial charge in [-0.15, -0.1) is 0 Å². The quantitative estimate of drug-likeness (QED) is 0.667. The Hall–Kier alpha value is -3.06. The number of carbonyl (C=O) groups is 1. The average molecular weight is 318 g/mol. The van der Waals surface area contributed by atoms with Gasteiger partial charge >= 0.3 is 0 Å². The summed E-state index contributed by atoms with van der Waals surface area (Å²) in [5.74, 6) is -0.129. The number of phenolic OH excluding ortho intramolecular Hbond substituents is 1. The van der Waals surface area contributed by atoms with Crippen LogP contribution in [0.3, 0.4) is 0 Å². The van der Waals surface area contributed by atoms with Crippen LogP contribution in [0.4, 0.5) is 5.69 Å². The Bertz CT molecular complexity index is 833. The van der Waals surface area contributed by atoms with Gasteiger partial charge in [0.2, 0.25) is 0 Å². The van der Waals surface area contributed by atoms with Crippen molar-refractivity contribution >= 4 is 17.7 Å². The molecule has 4 nitrogen and oxygen atoms in total. The lowest BCUT2D eigenvalue weighted by Crippen LogP contribution is -2.13. The van der Waals surface area contributed by atoms with E-state index in [9.17, 15) is 15.2 Å². The summed E-state index contributed by atoms with van der Waals surface area (Å²) in [6.45, 7) is 0. The van der Waals surface area contributed by atoms with Gasteiger partial charge in [0.25, 0.3) is 5.91 Å². The number of phenols is 1. The summed E-state index contributed by atoms with van der Waals surface area (Å²) in [5.41, 5.74) is 3.52. The molecule has 1 aliphatic carbocycles. The molecule has 24 heavy (non-hydrogen) atoms. The van der Waals surface area contributed by atoms with Gasteiger partial charge in [-0.25, -0.2) is 0 Å². The van der Waals surface area contributed by atoms with Crippen molar-refractivity contribution in [3.8, 4) is 11.8 Å². The molecule has 120 valence electrons. The fourth-order valence-corrected chi connectivity index (χ4v) is 3.04. The molecule has 2 aromatic carbocycles. The molecule has 0 fully saturated rings. The number of nitriles is 1. The Morgan fingerprint density at radius 1 is 1.08 bits per heavy atom. The van der Waals surface area contributed by atoms with Gasteiger partial charge in [0.05, 0.1) is 0 Å². The number of amides is 1. The third kappa shape index (κ3) is 3.31. The second-order valence-electron chi connectivity index (χ2n) is 5.83. The summed E-state index contributed by atoms with van der Waals surface area (Å²) < 4.78 is 0. The molecule has 0 aromatic heterocycles. The number of anilines is 1. The van der Waals surface area contributed by atoms with Crippen molar-refractivity contribution in [2.24, 2.45) is 0 Å². The fourth-order valence-electron chi connectivity index (χ4n) is 3.04. The monoisotopic (exact) mass is 318 g/mol. The molecule has 4 heteroatoms. The molecule has 1 aliphatic rings. The van der Waals surface area contributed by atoms with E-state index in [1.165, 1.54) is 0 Å². The number of fused-ring (bicyclic) bond motifs is 1. The standard InChI is InChI=1S/C20H18N2O2/c21-13-15(20(24)22-16-6-2-1-3-7-16)12-14-10-11-19(23)18-9-5-4-8-17(14)18/h1-3,6-7,10-12,23H,4-5,8-9H2,(H,22,24). The van der Waals surface area contributed by atoms with Crippen molar-refractivity contribution in [3.63, 3.8) is 0 Å². The lowest BCUT2D eigenvalue weighted by Gasteiger charge is -2.19. The third-order valence-electron chi connectivity index (χ3n) is 4.24. The molecular formula is C20H18N2O2. The molecule has 1 amide bonds. The number of carbonyl (C=O) groups excluding carboxylic acids is 1. The van der Waals surface area contributed by atoms with Crippen molar-refractivity contribution in [2.45, 2.75) is 25.7 Å². The number of rotatable bonds is 3. The number of nitrogens with zero attached hydrogens (tertiary/aromatic N) is 1. The molecule has 0 aliphatic heterocycles. The SMILES string of the molecule is N#CC(=Cc1ccc(O)c2c1CCCC2)C(=O)Nc1ccccc1. The molecule has 0 unspecified atom stereocenters. The van der Waals surface area contributed by atoms with Crippen molar-refractivity contribution in [2.75, 3.05) is 5.32 Å². The van der Waals surface area contributed by atoms with E-state index >= 15 is 0 Å². The molecule has 0 heterocycles. The minimum absolute atomic E-state index is 0.0531. The number of hydrogen-bond donors (Lipinski definition) is 2. The van der Waals surface area contributed by atoms with Gasteiger partial charge in [-0.2, -0.15) is 5.26 Å². The van der Waals surface area contributed by atoms with Crippen LogP contribution in [0, 0.1) is 11.3 Å². The van der Waals surface area contributed by atoms with E-state index in [0.29, 0.717) is 11.4 Å². The summed E-state index contributed by atoms with van der Waals surface area (Å²) >= 11 is 0. The van der Waals surface area contributed by atoms with Crippen LogP contribution < -0.4 is 5.32 Å². The molecule has 0 atom stereocenters. The summed E-state index contributed by atoms with van der Waals surface area (Å²) in [4.78, 5) is 12.3. The van der Waals surface area contributed by atoms with Crippen LogP contribution in [-0.2, 0) is 17.6 Å². The highest BCUT2D eigenvalue weighted by atomic mass is 16.3. The van der Waals surface area contributed by atoms with Crippen LogP contribution in [0.25, 0.3) is 6.08 Å². The largest absolute Gasteiger partial charge is 0.508 e. The smallest absolute Gasteiger partial charge is 0.266 e. The number of aromatic hydroxyl groups is 1. The molecule has 0 spiro atoms. The van der Waals surface area contributed by atoms with Crippen LogP contribution in [0.15, 0.2) is 48.0 Å². The molecule has 0 saturated heterocycles.